The monoisotopic (exact) mass is 176 g/mol. The van der Waals surface area contributed by atoms with Crippen molar-refractivity contribution in [3.8, 4) is 0 Å². The van der Waals surface area contributed by atoms with Crippen LogP contribution in [0.1, 0.15) is 0 Å². The molecular weight excluding hydrogens is 164 g/mol. The second-order valence-electron chi connectivity index (χ2n) is 2.22. The minimum Gasteiger partial charge on any atom is -0.481 e. The molecule has 0 bridgehead atoms. The summed E-state index contributed by atoms with van der Waals surface area (Å²) in [4.78, 5) is 20.6. The first-order valence-corrected chi connectivity index (χ1v) is 3.46. The third-order valence-electron chi connectivity index (χ3n) is 1.27. The van der Waals surface area contributed by atoms with E-state index in [2.05, 4.69) is 5.32 Å². The largest absolute Gasteiger partial charge is 0.481 e. The van der Waals surface area contributed by atoms with Crippen LogP contribution in [0.4, 0.5) is 0 Å². The molecule has 70 valence electrons. The topological polar surface area (TPSA) is 113 Å². The molecule has 0 saturated heterocycles. The van der Waals surface area contributed by atoms with Gasteiger partial charge in [0.05, 0.1) is 0 Å². The lowest BCUT2D eigenvalue weighted by molar-refractivity contribution is -0.154. The lowest BCUT2D eigenvalue weighted by Gasteiger charge is -2.07. The number of hydrogen-bond acceptors (Lipinski definition) is 4. The van der Waals surface area contributed by atoms with Gasteiger partial charge in [-0.05, 0) is 0 Å². The molecule has 6 nitrogen and oxygen atoms in total. The molecule has 0 heterocycles. The van der Waals surface area contributed by atoms with Crippen LogP contribution < -0.4 is 11.1 Å². The summed E-state index contributed by atoms with van der Waals surface area (Å²) in [5.74, 6) is -4.07. The third-order valence-corrected chi connectivity index (χ3v) is 1.27. The molecule has 5 N–H and O–H groups in total. The number of nitrogens with one attached hydrogen (secondary N) is 1. The van der Waals surface area contributed by atoms with E-state index in [0.29, 0.717) is 13.1 Å². The third kappa shape index (κ3) is 3.89. The van der Waals surface area contributed by atoms with Gasteiger partial charge >= 0.3 is 11.9 Å². The van der Waals surface area contributed by atoms with Crippen molar-refractivity contribution in [1.82, 2.24) is 5.32 Å². The summed E-state index contributed by atoms with van der Waals surface area (Å²) in [6.07, 6.45) is 0. The van der Waals surface area contributed by atoms with Crippen molar-refractivity contribution in [2.75, 3.05) is 19.6 Å². The molecule has 0 aromatic heterocycles. The molecule has 0 aromatic rings. The predicted octanol–water partition coefficient (Wildman–Crippen LogP) is -1.68. The fourth-order valence-electron chi connectivity index (χ4n) is 0.629. The van der Waals surface area contributed by atoms with Crippen molar-refractivity contribution >= 4 is 11.9 Å². The van der Waals surface area contributed by atoms with Gasteiger partial charge in [-0.15, -0.1) is 0 Å². The number of nitrogens with two attached hydrogens (primary N) is 1. The molecule has 0 aliphatic carbocycles. The van der Waals surface area contributed by atoms with Gasteiger partial charge in [0.15, 0.2) is 5.92 Å². The number of carboxylic acids is 2. The van der Waals surface area contributed by atoms with E-state index < -0.39 is 17.9 Å². The second-order valence-corrected chi connectivity index (χ2v) is 2.22. The maximum atomic E-state index is 10.3. The Balaban J connectivity index is 3.80. The Bertz CT molecular complexity index is 157. The molecule has 6 heteroatoms. The Morgan fingerprint density at radius 3 is 2.17 bits per heavy atom. The summed E-state index contributed by atoms with van der Waals surface area (Å²) in [5, 5.41) is 19.4. The van der Waals surface area contributed by atoms with Crippen molar-refractivity contribution in [1.29, 1.82) is 0 Å². The molecule has 0 aliphatic heterocycles. The smallest absolute Gasteiger partial charge is 0.319 e. The molecular formula is C6H12N2O4. The molecule has 0 aliphatic rings. The van der Waals surface area contributed by atoms with E-state index in [1.165, 1.54) is 0 Å². The van der Waals surface area contributed by atoms with E-state index in [4.69, 9.17) is 15.9 Å². The fourth-order valence-corrected chi connectivity index (χ4v) is 0.629. The first-order valence-electron chi connectivity index (χ1n) is 3.46. The molecule has 0 atom stereocenters. The molecule has 0 amide bonds. The van der Waals surface area contributed by atoms with Crippen LogP contribution >= 0.6 is 0 Å². The Morgan fingerprint density at radius 1 is 1.33 bits per heavy atom. The van der Waals surface area contributed by atoms with Crippen LogP contribution in [0, 0.1) is 5.92 Å². The zero-order valence-corrected chi connectivity index (χ0v) is 6.49. The first kappa shape index (κ1) is 10.9. The highest BCUT2D eigenvalue weighted by Crippen LogP contribution is 1.93. The quantitative estimate of drug-likeness (QED) is 0.284. The van der Waals surface area contributed by atoms with Crippen molar-refractivity contribution in [3.63, 3.8) is 0 Å². The summed E-state index contributed by atoms with van der Waals surface area (Å²) in [5.41, 5.74) is 5.11. The number of carboxylic acid groups (broad SMARTS) is 2. The van der Waals surface area contributed by atoms with Crippen LogP contribution in [-0.2, 0) is 9.59 Å². The van der Waals surface area contributed by atoms with E-state index in [-0.39, 0.29) is 6.54 Å². The Labute approximate surface area is 69.4 Å². The summed E-state index contributed by atoms with van der Waals surface area (Å²) in [7, 11) is 0. The minimum atomic E-state index is -1.39. The Kier molecular flexibility index (Phi) is 4.98. The average molecular weight is 176 g/mol. The van der Waals surface area contributed by atoms with Gasteiger partial charge in [0, 0.05) is 19.6 Å². The van der Waals surface area contributed by atoms with Crippen molar-refractivity contribution in [3.05, 3.63) is 0 Å². The van der Waals surface area contributed by atoms with Crippen molar-refractivity contribution < 1.29 is 19.8 Å². The molecule has 0 fully saturated rings. The highest BCUT2D eigenvalue weighted by atomic mass is 16.4. The van der Waals surface area contributed by atoms with Crippen LogP contribution in [0.15, 0.2) is 0 Å². The van der Waals surface area contributed by atoms with E-state index in [1.807, 2.05) is 0 Å². The highest BCUT2D eigenvalue weighted by molar-refractivity contribution is 5.93. The SMILES string of the molecule is NCCNCC(C(=O)O)C(=O)O. The van der Waals surface area contributed by atoms with Crippen LogP contribution in [0.25, 0.3) is 0 Å². The molecule has 12 heavy (non-hydrogen) atoms. The zero-order valence-electron chi connectivity index (χ0n) is 6.49. The van der Waals surface area contributed by atoms with Crippen molar-refractivity contribution in [2.24, 2.45) is 11.7 Å². The van der Waals surface area contributed by atoms with Gasteiger partial charge in [0.2, 0.25) is 0 Å². The van der Waals surface area contributed by atoms with Gasteiger partial charge in [-0.1, -0.05) is 0 Å². The van der Waals surface area contributed by atoms with E-state index in [1.54, 1.807) is 0 Å². The van der Waals surface area contributed by atoms with E-state index >= 15 is 0 Å². The molecule has 0 spiro atoms. The normalized spacial score (nSPS) is 10.2. The predicted molar refractivity (Wildman–Crippen MR) is 40.7 cm³/mol. The number of hydrogen-bond donors (Lipinski definition) is 4. The number of rotatable bonds is 6. The van der Waals surface area contributed by atoms with Crippen molar-refractivity contribution in [2.45, 2.75) is 0 Å². The standard InChI is InChI=1S/C6H12N2O4/c7-1-2-8-3-4(5(9)10)6(11)12/h4,8H,1-3,7H2,(H,9,10)(H,11,12). The molecule has 0 unspecified atom stereocenters. The number of aliphatic carboxylic acids is 2. The fraction of sp³-hybridized carbons (Fsp3) is 0.667. The van der Waals surface area contributed by atoms with Crippen LogP contribution in [-0.4, -0.2) is 41.8 Å². The van der Waals surface area contributed by atoms with Gasteiger partial charge in [-0.2, -0.15) is 0 Å². The summed E-state index contributed by atoms with van der Waals surface area (Å²) >= 11 is 0. The lowest BCUT2D eigenvalue weighted by atomic mass is 10.1. The van der Waals surface area contributed by atoms with Gasteiger partial charge in [-0.25, -0.2) is 0 Å². The highest BCUT2D eigenvalue weighted by Gasteiger charge is 2.24. The van der Waals surface area contributed by atoms with E-state index in [9.17, 15) is 9.59 Å². The maximum absolute atomic E-state index is 10.3. The molecule has 0 rings (SSSR count). The average Bonchev–Trinajstić information content (AvgIpc) is 1.96. The summed E-state index contributed by atoms with van der Waals surface area (Å²) in [6, 6.07) is 0. The van der Waals surface area contributed by atoms with Crippen LogP contribution in [0.5, 0.6) is 0 Å². The van der Waals surface area contributed by atoms with Gasteiger partial charge in [0.1, 0.15) is 0 Å². The molecule has 0 aromatic carbocycles. The van der Waals surface area contributed by atoms with Crippen LogP contribution in [0.3, 0.4) is 0 Å². The van der Waals surface area contributed by atoms with Gasteiger partial charge < -0.3 is 21.3 Å². The summed E-state index contributed by atoms with van der Waals surface area (Å²) < 4.78 is 0. The number of carbonyl (C=O) groups is 2. The van der Waals surface area contributed by atoms with Gasteiger partial charge in [-0.3, -0.25) is 9.59 Å². The zero-order chi connectivity index (χ0) is 9.56. The lowest BCUT2D eigenvalue weighted by Crippen LogP contribution is -2.36. The Morgan fingerprint density at radius 2 is 1.83 bits per heavy atom. The maximum Gasteiger partial charge on any atom is 0.319 e. The minimum absolute atomic E-state index is 0.0954. The first-order chi connectivity index (χ1) is 5.59. The summed E-state index contributed by atoms with van der Waals surface area (Å²) in [6.45, 7) is 0.672. The second kappa shape index (κ2) is 5.50. The Hall–Kier alpha value is -1.14. The van der Waals surface area contributed by atoms with E-state index in [0.717, 1.165) is 0 Å². The molecule has 0 saturated carbocycles. The van der Waals surface area contributed by atoms with Gasteiger partial charge in [0.25, 0.3) is 0 Å². The molecule has 0 radical (unpaired) electrons. The van der Waals surface area contributed by atoms with Crippen LogP contribution in [0.2, 0.25) is 0 Å².